The molecular formula is C10H21N. The van der Waals surface area contributed by atoms with Gasteiger partial charge in [-0.2, -0.15) is 0 Å². The Kier molecular flexibility index (Phi) is 3.28. The largest absolute Gasteiger partial charge is 0.309 e. The van der Waals surface area contributed by atoms with Gasteiger partial charge in [-0.25, -0.2) is 0 Å². The van der Waals surface area contributed by atoms with E-state index in [1.165, 1.54) is 0 Å². The molecule has 0 heterocycles. The molecule has 66 valence electrons. The van der Waals surface area contributed by atoms with E-state index in [0.717, 1.165) is 5.71 Å². The lowest BCUT2D eigenvalue weighted by Crippen LogP contribution is -2.32. The normalized spacial score (nSPS) is 12.7. The van der Waals surface area contributed by atoms with Crippen LogP contribution in [0.5, 0.6) is 0 Å². The fourth-order valence-electron chi connectivity index (χ4n) is 1.06. The zero-order valence-corrected chi connectivity index (χ0v) is 8.65. The number of hydrogen-bond donors (Lipinski definition) is 1. The predicted molar refractivity (Wildman–Crippen MR) is 51.2 cm³/mol. The van der Waals surface area contributed by atoms with Crippen LogP contribution in [0.25, 0.3) is 0 Å². The molecule has 0 rings (SSSR count). The van der Waals surface area contributed by atoms with Gasteiger partial charge >= 0.3 is 0 Å². The fraction of sp³-hybridized carbons (Fsp3) is 0.900. The molecule has 1 nitrogen and oxygen atoms in total. The van der Waals surface area contributed by atoms with Crippen LogP contribution in [0.1, 0.15) is 41.5 Å². The lowest BCUT2D eigenvalue weighted by Gasteiger charge is -2.32. The molecule has 1 heteroatoms. The third-order valence-electron chi connectivity index (χ3n) is 2.71. The van der Waals surface area contributed by atoms with Gasteiger partial charge in [-0.3, -0.25) is 0 Å². The first kappa shape index (κ1) is 10.7. The van der Waals surface area contributed by atoms with E-state index in [1.54, 1.807) is 0 Å². The van der Waals surface area contributed by atoms with Crippen molar-refractivity contribution in [1.82, 2.24) is 0 Å². The molecule has 0 aliphatic heterocycles. The lowest BCUT2D eigenvalue weighted by atomic mass is 9.73. The molecule has 0 saturated heterocycles. The summed E-state index contributed by atoms with van der Waals surface area (Å²) in [6, 6.07) is 0. The highest BCUT2D eigenvalue weighted by Gasteiger charge is 2.28. The molecule has 0 amide bonds. The fourth-order valence-corrected chi connectivity index (χ4v) is 1.06. The highest BCUT2D eigenvalue weighted by molar-refractivity contribution is 5.88. The van der Waals surface area contributed by atoms with Gasteiger partial charge < -0.3 is 5.41 Å². The summed E-state index contributed by atoms with van der Waals surface area (Å²) in [5.41, 5.74) is 0.932. The second-order valence-corrected chi connectivity index (χ2v) is 4.44. The van der Waals surface area contributed by atoms with Crippen molar-refractivity contribution in [1.29, 1.82) is 5.41 Å². The molecule has 0 spiro atoms. The first-order valence-corrected chi connectivity index (χ1v) is 4.39. The number of nitrogens with one attached hydrogen (secondary N) is 1. The van der Waals surface area contributed by atoms with Crippen molar-refractivity contribution >= 4 is 5.71 Å². The van der Waals surface area contributed by atoms with Crippen molar-refractivity contribution in [2.75, 3.05) is 0 Å². The summed E-state index contributed by atoms with van der Waals surface area (Å²) >= 11 is 0. The van der Waals surface area contributed by atoms with Gasteiger partial charge in [0, 0.05) is 11.1 Å². The van der Waals surface area contributed by atoms with Crippen LogP contribution in [0.15, 0.2) is 0 Å². The minimum Gasteiger partial charge on any atom is -0.309 e. The van der Waals surface area contributed by atoms with Crippen molar-refractivity contribution in [3.8, 4) is 0 Å². The first-order chi connectivity index (χ1) is 4.80. The second kappa shape index (κ2) is 3.38. The van der Waals surface area contributed by atoms with Gasteiger partial charge in [0.15, 0.2) is 0 Å². The maximum absolute atomic E-state index is 7.88. The first-order valence-electron chi connectivity index (χ1n) is 4.39. The van der Waals surface area contributed by atoms with Crippen molar-refractivity contribution in [2.45, 2.75) is 41.5 Å². The van der Waals surface area contributed by atoms with E-state index in [2.05, 4.69) is 41.5 Å². The molecule has 0 bridgehead atoms. The van der Waals surface area contributed by atoms with E-state index in [-0.39, 0.29) is 5.41 Å². The van der Waals surface area contributed by atoms with Crippen molar-refractivity contribution in [3.05, 3.63) is 0 Å². The summed E-state index contributed by atoms with van der Waals surface area (Å²) in [5, 5.41) is 7.88. The quantitative estimate of drug-likeness (QED) is 0.604. The molecule has 0 aliphatic rings. The van der Waals surface area contributed by atoms with E-state index in [9.17, 15) is 0 Å². The highest BCUT2D eigenvalue weighted by Crippen LogP contribution is 2.30. The van der Waals surface area contributed by atoms with Gasteiger partial charge in [-0.1, -0.05) is 41.5 Å². The average molecular weight is 155 g/mol. The molecule has 0 unspecified atom stereocenters. The van der Waals surface area contributed by atoms with Crippen LogP contribution in [-0.4, -0.2) is 5.71 Å². The van der Waals surface area contributed by atoms with E-state index in [4.69, 9.17) is 5.41 Å². The maximum Gasteiger partial charge on any atom is 0.0173 e. The minimum absolute atomic E-state index is 0.0637. The molecule has 0 atom stereocenters. The third kappa shape index (κ3) is 2.32. The third-order valence-corrected chi connectivity index (χ3v) is 2.71. The Labute approximate surface area is 70.7 Å². The molecule has 0 radical (unpaired) electrons. The van der Waals surface area contributed by atoms with Gasteiger partial charge in [-0.15, -0.1) is 0 Å². The standard InChI is InChI=1S/C10H21N/c1-7(2)9(11)10(5,6)8(3)4/h7-8,11H,1-6H3. The minimum atomic E-state index is 0.0637. The summed E-state index contributed by atoms with van der Waals surface area (Å²) < 4.78 is 0. The molecule has 0 aromatic carbocycles. The maximum atomic E-state index is 7.88. The summed E-state index contributed by atoms with van der Waals surface area (Å²) in [5.74, 6) is 0.935. The Bertz CT molecular complexity index is 143. The second-order valence-electron chi connectivity index (χ2n) is 4.44. The monoisotopic (exact) mass is 155 g/mol. The van der Waals surface area contributed by atoms with Gasteiger partial charge in [0.25, 0.3) is 0 Å². The Morgan fingerprint density at radius 2 is 1.45 bits per heavy atom. The van der Waals surface area contributed by atoms with E-state index in [1.807, 2.05) is 0 Å². The summed E-state index contributed by atoms with van der Waals surface area (Å²) in [6.07, 6.45) is 0. The van der Waals surface area contributed by atoms with Gasteiger partial charge in [0.2, 0.25) is 0 Å². The Morgan fingerprint density at radius 3 is 1.55 bits per heavy atom. The van der Waals surface area contributed by atoms with E-state index < -0.39 is 0 Å². The van der Waals surface area contributed by atoms with Gasteiger partial charge in [-0.05, 0) is 11.8 Å². The molecule has 0 saturated carbocycles. The predicted octanol–water partition coefficient (Wildman–Crippen LogP) is 3.34. The van der Waals surface area contributed by atoms with Crippen LogP contribution >= 0.6 is 0 Å². The Hall–Kier alpha value is -0.330. The van der Waals surface area contributed by atoms with Crippen LogP contribution in [0.4, 0.5) is 0 Å². The summed E-state index contributed by atoms with van der Waals surface area (Å²) in [6.45, 7) is 12.8. The van der Waals surface area contributed by atoms with Crippen molar-refractivity contribution in [2.24, 2.45) is 17.3 Å². The lowest BCUT2D eigenvalue weighted by molar-refractivity contribution is 0.350. The SMILES string of the molecule is CC(C)C(=N)C(C)(C)C(C)C. The molecular weight excluding hydrogens is 134 g/mol. The molecule has 11 heavy (non-hydrogen) atoms. The molecule has 0 aromatic rings. The van der Waals surface area contributed by atoms with E-state index in [0.29, 0.717) is 11.8 Å². The Morgan fingerprint density at radius 1 is 1.09 bits per heavy atom. The van der Waals surface area contributed by atoms with Crippen LogP contribution in [0.2, 0.25) is 0 Å². The van der Waals surface area contributed by atoms with Crippen LogP contribution in [0, 0.1) is 22.7 Å². The Balaban J connectivity index is 4.43. The average Bonchev–Trinajstić information content (AvgIpc) is 1.85. The van der Waals surface area contributed by atoms with E-state index >= 15 is 0 Å². The van der Waals surface area contributed by atoms with Crippen LogP contribution in [0.3, 0.4) is 0 Å². The van der Waals surface area contributed by atoms with Crippen LogP contribution in [-0.2, 0) is 0 Å². The molecule has 1 N–H and O–H groups in total. The molecule has 0 aliphatic carbocycles. The van der Waals surface area contributed by atoms with Crippen molar-refractivity contribution < 1.29 is 0 Å². The van der Waals surface area contributed by atoms with Gasteiger partial charge in [0.05, 0.1) is 0 Å². The zero-order chi connectivity index (χ0) is 9.23. The molecule has 0 fully saturated rings. The highest BCUT2D eigenvalue weighted by atomic mass is 14.5. The van der Waals surface area contributed by atoms with Crippen LogP contribution < -0.4 is 0 Å². The van der Waals surface area contributed by atoms with Crippen molar-refractivity contribution in [3.63, 3.8) is 0 Å². The smallest absolute Gasteiger partial charge is 0.0173 e. The topological polar surface area (TPSA) is 23.9 Å². The number of hydrogen-bond acceptors (Lipinski definition) is 1. The molecule has 0 aromatic heterocycles. The zero-order valence-electron chi connectivity index (χ0n) is 8.65. The summed E-state index contributed by atoms with van der Waals surface area (Å²) in [7, 11) is 0. The van der Waals surface area contributed by atoms with Gasteiger partial charge in [0.1, 0.15) is 0 Å². The number of rotatable bonds is 3. The summed E-state index contributed by atoms with van der Waals surface area (Å²) in [4.78, 5) is 0.